The van der Waals surface area contributed by atoms with Gasteiger partial charge in [-0.3, -0.25) is 0 Å². The van der Waals surface area contributed by atoms with Crippen LogP contribution in [0, 0.1) is 0 Å². The van der Waals surface area contributed by atoms with E-state index in [0.717, 1.165) is 12.0 Å². The molecule has 2 N–H and O–H groups in total. The van der Waals surface area contributed by atoms with E-state index in [1.165, 1.54) is 0 Å². The van der Waals surface area contributed by atoms with E-state index < -0.39 is 0 Å². The number of likely N-dealkylation sites (N-methyl/N-ethyl adjacent to an activating group) is 1. The Morgan fingerprint density at radius 2 is 2.55 bits per heavy atom. The third kappa shape index (κ3) is 1.83. The van der Waals surface area contributed by atoms with Gasteiger partial charge in [-0.05, 0) is 12.2 Å². The van der Waals surface area contributed by atoms with Gasteiger partial charge in [0.05, 0.1) is 6.04 Å². The largest absolute Gasteiger partial charge is 0.399 e. The van der Waals surface area contributed by atoms with E-state index in [2.05, 4.69) is 0 Å². The molecule has 11 heavy (non-hydrogen) atoms. The van der Waals surface area contributed by atoms with Crippen LogP contribution >= 0.6 is 0 Å². The molecule has 0 spiro atoms. The third-order valence-electron chi connectivity index (χ3n) is 1.75. The zero-order chi connectivity index (χ0) is 8.27. The number of hydrogen-bond donors (Lipinski definition) is 1. The maximum Gasteiger partial charge on any atom is 0.122 e. The van der Waals surface area contributed by atoms with Crippen LogP contribution in [-0.2, 0) is 4.79 Å². The van der Waals surface area contributed by atoms with Crippen molar-refractivity contribution in [1.29, 1.82) is 0 Å². The molecule has 0 aromatic carbocycles. The van der Waals surface area contributed by atoms with Crippen LogP contribution in [0.15, 0.2) is 24.0 Å². The maximum absolute atomic E-state index is 10.2. The van der Waals surface area contributed by atoms with Crippen LogP contribution in [-0.4, -0.2) is 24.3 Å². The molecular weight excluding hydrogens is 140 g/mol. The second-order valence-electron chi connectivity index (χ2n) is 2.62. The smallest absolute Gasteiger partial charge is 0.122 e. The van der Waals surface area contributed by atoms with E-state index in [-0.39, 0.29) is 6.04 Å². The molecule has 60 valence electrons. The van der Waals surface area contributed by atoms with E-state index in [4.69, 9.17) is 5.73 Å². The minimum absolute atomic E-state index is 0.137. The van der Waals surface area contributed by atoms with E-state index in [1.807, 2.05) is 30.3 Å². The summed E-state index contributed by atoms with van der Waals surface area (Å²) in [6.07, 6.45) is 6.99. The average molecular weight is 152 g/mol. The third-order valence-corrected chi connectivity index (χ3v) is 1.75. The van der Waals surface area contributed by atoms with Crippen molar-refractivity contribution in [3.8, 4) is 0 Å². The fourth-order valence-corrected chi connectivity index (χ4v) is 1.04. The molecule has 0 aromatic heterocycles. The molecule has 0 fully saturated rings. The first-order valence-electron chi connectivity index (χ1n) is 3.55. The van der Waals surface area contributed by atoms with Gasteiger partial charge in [0, 0.05) is 25.4 Å². The molecule has 0 amide bonds. The van der Waals surface area contributed by atoms with Crippen molar-refractivity contribution in [3.05, 3.63) is 24.0 Å². The van der Waals surface area contributed by atoms with E-state index in [0.29, 0.717) is 6.42 Å². The molecule has 0 saturated carbocycles. The maximum atomic E-state index is 10.2. The Balaban J connectivity index is 2.64. The van der Waals surface area contributed by atoms with Gasteiger partial charge in [-0.2, -0.15) is 0 Å². The normalized spacial score (nSPS) is 23.2. The topological polar surface area (TPSA) is 46.3 Å². The molecular formula is C8H12N2O. The number of nitrogens with two attached hydrogens (primary N) is 1. The van der Waals surface area contributed by atoms with Crippen molar-refractivity contribution < 1.29 is 4.79 Å². The van der Waals surface area contributed by atoms with Gasteiger partial charge >= 0.3 is 0 Å². The minimum atomic E-state index is 0.137. The number of carbonyl (C=O) groups is 1. The number of allylic oxidation sites excluding steroid dienone is 1. The quantitative estimate of drug-likeness (QED) is 0.577. The lowest BCUT2D eigenvalue weighted by Crippen LogP contribution is -2.28. The summed E-state index contributed by atoms with van der Waals surface area (Å²) in [5.41, 5.74) is 6.28. The van der Waals surface area contributed by atoms with Crippen LogP contribution in [0.3, 0.4) is 0 Å². The number of hydrogen-bond acceptors (Lipinski definition) is 3. The van der Waals surface area contributed by atoms with Crippen molar-refractivity contribution >= 4 is 6.29 Å². The summed E-state index contributed by atoms with van der Waals surface area (Å²) in [6.45, 7) is 0. The van der Waals surface area contributed by atoms with Crippen LogP contribution in [0.2, 0.25) is 0 Å². The monoisotopic (exact) mass is 152 g/mol. The lowest BCUT2D eigenvalue weighted by molar-refractivity contribution is -0.108. The molecule has 0 radical (unpaired) electrons. The highest BCUT2D eigenvalue weighted by atomic mass is 16.1. The van der Waals surface area contributed by atoms with Crippen molar-refractivity contribution in [2.75, 3.05) is 7.05 Å². The summed E-state index contributed by atoms with van der Waals surface area (Å²) >= 11 is 0. The van der Waals surface area contributed by atoms with Crippen molar-refractivity contribution in [3.63, 3.8) is 0 Å². The molecule has 1 aliphatic rings. The zero-order valence-electron chi connectivity index (χ0n) is 6.53. The number of rotatable bonds is 2. The van der Waals surface area contributed by atoms with Gasteiger partial charge in [-0.1, -0.05) is 0 Å². The van der Waals surface area contributed by atoms with E-state index in [1.54, 1.807) is 0 Å². The van der Waals surface area contributed by atoms with Gasteiger partial charge in [0.25, 0.3) is 0 Å². The Morgan fingerprint density at radius 3 is 3.18 bits per heavy atom. The van der Waals surface area contributed by atoms with Gasteiger partial charge < -0.3 is 15.4 Å². The fourth-order valence-electron chi connectivity index (χ4n) is 1.04. The first-order valence-corrected chi connectivity index (χ1v) is 3.55. The zero-order valence-corrected chi connectivity index (χ0v) is 6.53. The van der Waals surface area contributed by atoms with E-state index >= 15 is 0 Å². The summed E-state index contributed by atoms with van der Waals surface area (Å²) in [5.74, 6) is 0. The SMILES string of the molecule is CN1C=CC(N)=CC1CC=O. The minimum Gasteiger partial charge on any atom is -0.399 e. The van der Waals surface area contributed by atoms with Crippen LogP contribution < -0.4 is 5.73 Å². The summed E-state index contributed by atoms with van der Waals surface area (Å²) in [6, 6.07) is 0.137. The predicted octanol–water partition coefficient (Wildman–Crippen LogP) is 0.246. The summed E-state index contributed by atoms with van der Waals surface area (Å²) in [5, 5.41) is 0. The van der Waals surface area contributed by atoms with Gasteiger partial charge in [0.15, 0.2) is 0 Å². The Hall–Kier alpha value is -1.25. The van der Waals surface area contributed by atoms with Crippen molar-refractivity contribution in [2.45, 2.75) is 12.5 Å². The van der Waals surface area contributed by atoms with Crippen molar-refractivity contribution in [2.24, 2.45) is 5.73 Å². The average Bonchev–Trinajstić information content (AvgIpc) is 1.98. The first kappa shape index (κ1) is 7.85. The first-order chi connectivity index (χ1) is 5.24. The standard InChI is InChI=1S/C8H12N2O/c1-10-4-2-7(9)6-8(10)3-5-11/h2,4-6,8H,3,9H2,1H3. The van der Waals surface area contributed by atoms with E-state index in [9.17, 15) is 4.79 Å². The molecule has 3 heteroatoms. The number of carbonyl (C=O) groups excluding carboxylic acids is 1. The van der Waals surface area contributed by atoms with Gasteiger partial charge in [0.1, 0.15) is 6.29 Å². The molecule has 1 atom stereocenters. The Bertz CT molecular complexity index is 208. The lowest BCUT2D eigenvalue weighted by Gasteiger charge is -2.25. The highest BCUT2D eigenvalue weighted by Gasteiger charge is 2.11. The molecule has 1 heterocycles. The Kier molecular flexibility index (Phi) is 2.31. The second-order valence-corrected chi connectivity index (χ2v) is 2.62. The Labute approximate surface area is 66.2 Å². The summed E-state index contributed by atoms with van der Waals surface area (Å²) in [7, 11) is 1.92. The second kappa shape index (κ2) is 3.23. The molecule has 0 saturated heterocycles. The molecule has 0 bridgehead atoms. The van der Waals surface area contributed by atoms with Crippen LogP contribution in [0.25, 0.3) is 0 Å². The van der Waals surface area contributed by atoms with Gasteiger partial charge in [0.2, 0.25) is 0 Å². The fraction of sp³-hybridized carbons (Fsp3) is 0.375. The van der Waals surface area contributed by atoms with Crippen LogP contribution in [0.4, 0.5) is 0 Å². The molecule has 1 rings (SSSR count). The van der Waals surface area contributed by atoms with Gasteiger partial charge in [-0.15, -0.1) is 0 Å². The van der Waals surface area contributed by atoms with Gasteiger partial charge in [-0.25, -0.2) is 0 Å². The predicted molar refractivity (Wildman–Crippen MR) is 43.6 cm³/mol. The molecule has 3 nitrogen and oxygen atoms in total. The van der Waals surface area contributed by atoms with Crippen molar-refractivity contribution in [1.82, 2.24) is 4.90 Å². The number of aldehydes is 1. The van der Waals surface area contributed by atoms with Crippen LogP contribution in [0.5, 0.6) is 0 Å². The summed E-state index contributed by atoms with van der Waals surface area (Å²) in [4.78, 5) is 12.2. The molecule has 0 aliphatic carbocycles. The molecule has 1 unspecified atom stereocenters. The molecule has 0 aromatic rings. The summed E-state index contributed by atoms with van der Waals surface area (Å²) < 4.78 is 0. The lowest BCUT2D eigenvalue weighted by atomic mass is 10.1. The Morgan fingerprint density at radius 1 is 1.82 bits per heavy atom. The molecule has 1 aliphatic heterocycles. The number of nitrogens with zero attached hydrogens (tertiary/aromatic N) is 1. The highest BCUT2D eigenvalue weighted by molar-refractivity contribution is 5.51. The highest BCUT2D eigenvalue weighted by Crippen LogP contribution is 2.10. The van der Waals surface area contributed by atoms with Crippen LogP contribution in [0.1, 0.15) is 6.42 Å².